The second-order valence-electron chi connectivity index (χ2n) is 5.17. The molecule has 1 saturated carbocycles. The fraction of sp³-hybridized carbons (Fsp3) is 0.571. The van der Waals surface area contributed by atoms with Gasteiger partial charge in [-0.2, -0.15) is 0 Å². The Balaban J connectivity index is 1.88. The summed E-state index contributed by atoms with van der Waals surface area (Å²) in [7, 11) is 0. The summed E-state index contributed by atoms with van der Waals surface area (Å²) >= 11 is 0. The van der Waals surface area contributed by atoms with Crippen molar-refractivity contribution in [3.8, 4) is 0 Å². The van der Waals surface area contributed by atoms with Gasteiger partial charge in [0, 0.05) is 31.0 Å². The Hall–Kier alpha value is -1.62. The summed E-state index contributed by atoms with van der Waals surface area (Å²) in [6.45, 7) is 1.08. The third-order valence-corrected chi connectivity index (χ3v) is 3.95. The van der Waals surface area contributed by atoms with Crippen molar-refractivity contribution in [2.24, 2.45) is 11.8 Å². The van der Waals surface area contributed by atoms with Crippen molar-refractivity contribution < 1.29 is 10.0 Å². The molecule has 2 N–H and O–H groups in total. The fourth-order valence-corrected chi connectivity index (χ4v) is 2.74. The van der Waals surface area contributed by atoms with Crippen LogP contribution in [0.4, 0.5) is 11.4 Å². The van der Waals surface area contributed by atoms with Gasteiger partial charge in [0.05, 0.1) is 4.92 Å². The summed E-state index contributed by atoms with van der Waals surface area (Å²) in [6, 6.07) is 6.48. The van der Waals surface area contributed by atoms with E-state index in [-0.39, 0.29) is 12.3 Å². The maximum absolute atomic E-state index is 10.6. The molecule has 19 heavy (non-hydrogen) atoms. The van der Waals surface area contributed by atoms with Gasteiger partial charge in [-0.25, -0.2) is 0 Å². The molecule has 1 aliphatic carbocycles. The molecule has 2 unspecified atom stereocenters. The Kier molecular flexibility index (Phi) is 4.74. The average Bonchev–Trinajstić information content (AvgIpc) is 2.45. The molecule has 1 aliphatic rings. The minimum absolute atomic E-state index is 0.108. The Bertz CT molecular complexity index is 419. The fourth-order valence-electron chi connectivity index (χ4n) is 2.74. The van der Waals surface area contributed by atoms with Gasteiger partial charge >= 0.3 is 0 Å². The van der Waals surface area contributed by atoms with E-state index in [1.54, 1.807) is 12.1 Å². The van der Waals surface area contributed by atoms with E-state index < -0.39 is 4.92 Å². The smallest absolute Gasteiger partial charge is 0.269 e. The molecule has 104 valence electrons. The molecule has 5 heteroatoms. The van der Waals surface area contributed by atoms with Crippen LogP contribution >= 0.6 is 0 Å². The number of nitrogens with one attached hydrogen (secondary N) is 1. The lowest BCUT2D eigenvalue weighted by atomic mass is 9.79. The van der Waals surface area contributed by atoms with Crippen LogP contribution < -0.4 is 5.32 Å². The van der Waals surface area contributed by atoms with Crippen LogP contribution in [0.1, 0.15) is 25.7 Å². The Labute approximate surface area is 112 Å². The van der Waals surface area contributed by atoms with Gasteiger partial charge < -0.3 is 10.4 Å². The van der Waals surface area contributed by atoms with Crippen molar-refractivity contribution >= 4 is 11.4 Å². The number of aliphatic hydroxyl groups is 1. The third kappa shape index (κ3) is 3.67. The monoisotopic (exact) mass is 264 g/mol. The van der Waals surface area contributed by atoms with Crippen LogP contribution in [0.2, 0.25) is 0 Å². The number of nitrogens with zero attached hydrogens (tertiary/aromatic N) is 1. The summed E-state index contributed by atoms with van der Waals surface area (Å²) in [5.41, 5.74) is 1.00. The standard InChI is InChI=1S/C14H20N2O3/c17-10-12-4-2-1-3-11(12)9-15-13-5-7-14(8-6-13)16(18)19/h5-8,11-12,15,17H,1-4,9-10H2. The van der Waals surface area contributed by atoms with Gasteiger partial charge in [-0.3, -0.25) is 10.1 Å². The van der Waals surface area contributed by atoms with Gasteiger partial charge in [0.2, 0.25) is 0 Å². The van der Waals surface area contributed by atoms with E-state index in [9.17, 15) is 15.2 Å². The number of benzene rings is 1. The predicted octanol–water partition coefficient (Wildman–Crippen LogP) is 2.81. The molecule has 0 aromatic heterocycles. The van der Waals surface area contributed by atoms with Gasteiger partial charge in [0.25, 0.3) is 5.69 Å². The highest BCUT2D eigenvalue weighted by molar-refractivity contribution is 5.48. The van der Waals surface area contributed by atoms with Crippen molar-refractivity contribution in [1.29, 1.82) is 0 Å². The van der Waals surface area contributed by atoms with Crippen molar-refractivity contribution in [3.63, 3.8) is 0 Å². The molecule has 1 fully saturated rings. The zero-order valence-electron chi connectivity index (χ0n) is 10.9. The Morgan fingerprint density at radius 2 is 1.84 bits per heavy atom. The summed E-state index contributed by atoms with van der Waals surface area (Å²) in [5, 5.41) is 23.2. The first-order valence-corrected chi connectivity index (χ1v) is 6.80. The molecule has 0 radical (unpaired) electrons. The van der Waals surface area contributed by atoms with E-state index in [1.807, 2.05) is 0 Å². The summed E-state index contributed by atoms with van der Waals surface area (Å²) in [4.78, 5) is 10.2. The molecule has 5 nitrogen and oxygen atoms in total. The molecule has 0 saturated heterocycles. The second kappa shape index (κ2) is 6.52. The number of non-ortho nitro benzene ring substituents is 1. The van der Waals surface area contributed by atoms with Gasteiger partial charge in [-0.15, -0.1) is 0 Å². The van der Waals surface area contributed by atoms with Crippen molar-refractivity contribution in [2.75, 3.05) is 18.5 Å². The van der Waals surface area contributed by atoms with Gasteiger partial charge in [0.1, 0.15) is 0 Å². The molecule has 0 spiro atoms. The summed E-state index contributed by atoms with van der Waals surface area (Å²) in [6.07, 6.45) is 4.68. The normalized spacial score (nSPS) is 23.0. The Morgan fingerprint density at radius 1 is 1.21 bits per heavy atom. The average molecular weight is 264 g/mol. The minimum Gasteiger partial charge on any atom is -0.396 e. The lowest BCUT2D eigenvalue weighted by molar-refractivity contribution is -0.384. The molecule has 0 bridgehead atoms. The van der Waals surface area contributed by atoms with E-state index in [0.29, 0.717) is 11.8 Å². The van der Waals surface area contributed by atoms with Crippen LogP contribution in [0.3, 0.4) is 0 Å². The van der Waals surface area contributed by atoms with Crippen LogP contribution in [0.15, 0.2) is 24.3 Å². The molecule has 2 atom stereocenters. The summed E-state index contributed by atoms with van der Waals surface area (Å²) in [5.74, 6) is 0.883. The lowest BCUT2D eigenvalue weighted by Gasteiger charge is -2.30. The van der Waals surface area contributed by atoms with E-state index in [2.05, 4.69) is 5.32 Å². The molecule has 0 amide bonds. The molecular formula is C14H20N2O3. The SMILES string of the molecule is O=[N+]([O-])c1ccc(NCC2CCCCC2CO)cc1. The third-order valence-electron chi connectivity index (χ3n) is 3.95. The van der Waals surface area contributed by atoms with E-state index in [1.165, 1.54) is 25.0 Å². The number of rotatable bonds is 5. The Morgan fingerprint density at radius 3 is 2.42 bits per heavy atom. The molecular weight excluding hydrogens is 244 g/mol. The molecule has 0 aliphatic heterocycles. The van der Waals surface area contributed by atoms with Crippen molar-refractivity contribution in [2.45, 2.75) is 25.7 Å². The lowest BCUT2D eigenvalue weighted by Crippen LogP contribution is -2.28. The first-order valence-electron chi connectivity index (χ1n) is 6.80. The quantitative estimate of drug-likeness (QED) is 0.633. The van der Waals surface area contributed by atoms with Crippen LogP contribution in [0.25, 0.3) is 0 Å². The first kappa shape index (κ1) is 13.8. The summed E-state index contributed by atoms with van der Waals surface area (Å²) < 4.78 is 0. The zero-order valence-corrected chi connectivity index (χ0v) is 10.9. The van der Waals surface area contributed by atoms with Crippen LogP contribution in [-0.2, 0) is 0 Å². The number of nitro groups is 1. The second-order valence-corrected chi connectivity index (χ2v) is 5.17. The van der Waals surface area contributed by atoms with Crippen LogP contribution in [0, 0.1) is 22.0 Å². The number of nitro benzene ring substituents is 1. The predicted molar refractivity (Wildman–Crippen MR) is 74.1 cm³/mol. The van der Waals surface area contributed by atoms with Crippen molar-refractivity contribution in [1.82, 2.24) is 0 Å². The van der Waals surface area contributed by atoms with E-state index >= 15 is 0 Å². The molecule has 1 aromatic carbocycles. The maximum atomic E-state index is 10.6. The van der Waals surface area contributed by atoms with Crippen LogP contribution in [0.5, 0.6) is 0 Å². The molecule has 2 rings (SSSR count). The number of anilines is 1. The highest BCUT2D eigenvalue weighted by atomic mass is 16.6. The highest BCUT2D eigenvalue weighted by Crippen LogP contribution is 2.30. The topological polar surface area (TPSA) is 75.4 Å². The largest absolute Gasteiger partial charge is 0.396 e. The van der Waals surface area contributed by atoms with E-state index in [0.717, 1.165) is 25.1 Å². The van der Waals surface area contributed by atoms with Gasteiger partial charge in [0.15, 0.2) is 0 Å². The maximum Gasteiger partial charge on any atom is 0.269 e. The van der Waals surface area contributed by atoms with Crippen molar-refractivity contribution in [3.05, 3.63) is 34.4 Å². The first-order chi connectivity index (χ1) is 9.20. The number of hydrogen-bond acceptors (Lipinski definition) is 4. The van der Waals surface area contributed by atoms with E-state index in [4.69, 9.17) is 0 Å². The van der Waals surface area contributed by atoms with Gasteiger partial charge in [-0.1, -0.05) is 12.8 Å². The number of hydrogen-bond donors (Lipinski definition) is 2. The molecule has 0 heterocycles. The van der Waals surface area contributed by atoms with Crippen LogP contribution in [-0.4, -0.2) is 23.2 Å². The number of aliphatic hydroxyl groups excluding tert-OH is 1. The zero-order chi connectivity index (χ0) is 13.7. The molecule has 1 aromatic rings. The minimum atomic E-state index is -0.396. The van der Waals surface area contributed by atoms with Gasteiger partial charge in [-0.05, 0) is 36.8 Å². The highest BCUT2D eigenvalue weighted by Gasteiger charge is 2.24.